The van der Waals surface area contributed by atoms with Gasteiger partial charge >= 0.3 is 0 Å². The number of methoxy groups -OCH3 is 1. The average Bonchev–Trinajstić information content (AvgIpc) is 2.88. The molecule has 0 unspecified atom stereocenters. The summed E-state index contributed by atoms with van der Waals surface area (Å²) in [6.45, 7) is 3.68. The third kappa shape index (κ3) is 6.22. The van der Waals surface area contributed by atoms with Crippen molar-refractivity contribution in [2.75, 3.05) is 38.6 Å². The SMILES string of the molecule is COc1ccc2nccc([C@@H](O)CN(CC(=O)Nc3cccc(C(C)=O)c3)C3CCNCC3)c2c1. The summed E-state index contributed by atoms with van der Waals surface area (Å²) in [5.74, 6) is 0.459. The number of nitrogens with zero attached hydrogens (tertiary/aromatic N) is 2. The Kier molecular flexibility index (Phi) is 8.07. The first-order valence-corrected chi connectivity index (χ1v) is 11.9. The van der Waals surface area contributed by atoms with Gasteiger partial charge in [-0.3, -0.25) is 19.5 Å². The zero-order valence-corrected chi connectivity index (χ0v) is 20.2. The largest absolute Gasteiger partial charge is 0.497 e. The second-order valence-corrected chi connectivity index (χ2v) is 8.89. The minimum absolute atomic E-state index is 0.0539. The van der Waals surface area contributed by atoms with Gasteiger partial charge in [-0.2, -0.15) is 0 Å². The van der Waals surface area contributed by atoms with Crippen molar-refractivity contribution in [2.45, 2.75) is 31.9 Å². The highest BCUT2D eigenvalue weighted by Crippen LogP contribution is 2.28. The van der Waals surface area contributed by atoms with E-state index in [1.54, 1.807) is 37.6 Å². The van der Waals surface area contributed by atoms with E-state index in [2.05, 4.69) is 20.5 Å². The number of nitrogens with one attached hydrogen (secondary N) is 2. The van der Waals surface area contributed by atoms with E-state index in [0.717, 1.165) is 42.4 Å². The minimum Gasteiger partial charge on any atom is -0.497 e. The van der Waals surface area contributed by atoms with Gasteiger partial charge in [0, 0.05) is 35.4 Å². The Morgan fingerprint density at radius 2 is 2.00 bits per heavy atom. The molecular formula is C27H32N4O4. The van der Waals surface area contributed by atoms with E-state index < -0.39 is 6.10 Å². The van der Waals surface area contributed by atoms with E-state index in [0.29, 0.717) is 23.5 Å². The molecule has 8 heteroatoms. The summed E-state index contributed by atoms with van der Waals surface area (Å²) in [5.41, 5.74) is 2.66. The van der Waals surface area contributed by atoms with Gasteiger partial charge in [-0.25, -0.2) is 0 Å². The second kappa shape index (κ2) is 11.4. The number of Topliss-reactive ketones (excluding diaryl/α,β-unsaturated/α-hetero) is 1. The number of ether oxygens (including phenoxy) is 1. The highest BCUT2D eigenvalue weighted by molar-refractivity contribution is 5.97. The average molecular weight is 477 g/mol. The van der Waals surface area contributed by atoms with Gasteiger partial charge < -0.3 is 20.5 Å². The normalized spacial score (nSPS) is 15.2. The van der Waals surface area contributed by atoms with Gasteiger partial charge in [0.15, 0.2) is 5.78 Å². The number of fused-ring (bicyclic) bond motifs is 1. The van der Waals surface area contributed by atoms with Crippen LogP contribution in [0.2, 0.25) is 0 Å². The summed E-state index contributed by atoms with van der Waals surface area (Å²) in [6.07, 6.45) is 2.67. The zero-order valence-electron chi connectivity index (χ0n) is 20.2. The van der Waals surface area contributed by atoms with Crippen molar-refractivity contribution in [1.82, 2.24) is 15.2 Å². The Labute approximate surface area is 205 Å². The van der Waals surface area contributed by atoms with Crippen molar-refractivity contribution < 1.29 is 19.4 Å². The first-order chi connectivity index (χ1) is 16.9. The molecule has 0 radical (unpaired) electrons. The standard InChI is InChI=1S/C27H32N4O4/c1-18(32)19-4-3-5-20(14-19)30-27(34)17-31(21-8-11-28-12-9-21)16-26(33)23-10-13-29-25-7-6-22(35-2)15-24(23)25/h3-7,10,13-15,21,26,28,33H,8-9,11-12,16-17H2,1-2H3,(H,30,34)/t26-/m0/s1. The molecule has 0 saturated carbocycles. The molecule has 3 N–H and O–H groups in total. The summed E-state index contributed by atoms with van der Waals surface area (Å²) in [6, 6.07) is 14.5. The molecule has 1 aliphatic rings. The molecule has 8 nitrogen and oxygen atoms in total. The Balaban J connectivity index is 1.53. The number of aliphatic hydroxyl groups is 1. The number of amides is 1. The maximum Gasteiger partial charge on any atom is 0.238 e. The fraction of sp³-hybridized carbons (Fsp3) is 0.370. The third-order valence-corrected chi connectivity index (χ3v) is 6.47. The van der Waals surface area contributed by atoms with E-state index in [4.69, 9.17) is 4.74 Å². The fourth-order valence-corrected chi connectivity index (χ4v) is 4.60. The third-order valence-electron chi connectivity index (χ3n) is 6.47. The number of carbonyl (C=O) groups is 2. The maximum absolute atomic E-state index is 13.0. The van der Waals surface area contributed by atoms with Gasteiger partial charge in [-0.15, -0.1) is 0 Å². The topological polar surface area (TPSA) is 104 Å². The van der Waals surface area contributed by atoms with Crippen LogP contribution < -0.4 is 15.4 Å². The van der Waals surface area contributed by atoms with Gasteiger partial charge in [0.25, 0.3) is 0 Å². The smallest absolute Gasteiger partial charge is 0.238 e. The number of aliphatic hydroxyl groups excluding tert-OH is 1. The molecule has 35 heavy (non-hydrogen) atoms. The van der Waals surface area contributed by atoms with Crippen molar-refractivity contribution in [3.8, 4) is 5.75 Å². The van der Waals surface area contributed by atoms with E-state index >= 15 is 0 Å². The lowest BCUT2D eigenvalue weighted by Crippen LogP contribution is -2.47. The molecule has 1 aliphatic heterocycles. The summed E-state index contributed by atoms with van der Waals surface area (Å²) >= 11 is 0. The van der Waals surface area contributed by atoms with Gasteiger partial charge in [0.05, 0.1) is 25.3 Å². The molecule has 3 aromatic rings. The number of pyridine rings is 1. The fourth-order valence-electron chi connectivity index (χ4n) is 4.60. The van der Waals surface area contributed by atoms with Crippen LogP contribution in [0.1, 0.15) is 41.8 Å². The number of rotatable bonds is 9. The molecule has 0 aliphatic carbocycles. The number of hydrogen-bond donors (Lipinski definition) is 3. The molecule has 1 saturated heterocycles. The van der Waals surface area contributed by atoms with Crippen molar-refractivity contribution in [2.24, 2.45) is 0 Å². The van der Waals surface area contributed by atoms with E-state index in [1.165, 1.54) is 6.92 Å². The number of hydrogen-bond acceptors (Lipinski definition) is 7. The van der Waals surface area contributed by atoms with Crippen LogP contribution in [0.25, 0.3) is 10.9 Å². The molecule has 1 aromatic heterocycles. The van der Waals surface area contributed by atoms with Crippen LogP contribution in [0.15, 0.2) is 54.7 Å². The molecular weight excluding hydrogens is 444 g/mol. The van der Waals surface area contributed by atoms with Crippen LogP contribution >= 0.6 is 0 Å². The van der Waals surface area contributed by atoms with Gasteiger partial charge in [0.1, 0.15) is 5.75 Å². The van der Waals surface area contributed by atoms with Crippen molar-refractivity contribution in [1.29, 1.82) is 0 Å². The van der Waals surface area contributed by atoms with E-state index in [-0.39, 0.29) is 24.3 Å². The van der Waals surface area contributed by atoms with Crippen molar-refractivity contribution in [3.05, 3.63) is 65.9 Å². The molecule has 4 rings (SSSR count). The van der Waals surface area contributed by atoms with E-state index in [9.17, 15) is 14.7 Å². The molecule has 2 heterocycles. The van der Waals surface area contributed by atoms with Crippen LogP contribution in [0, 0.1) is 0 Å². The number of carbonyl (C=O) groups excluding carboxylic acids is 2. The summed E-state index contributed by atoms with van der Waals surface area (Å²) in [4.78, 5) is 31.2. The highest BCUT2D eigenvalue weighted by Gasteiger charge is 2.26. The Morgan fingerprint density at radius 3 is 2.74 bits per heavy atom. The van der Waals surface area contributed by atoms with Gasteiger partial charge in [-0.1, -0.05) is 12.1 Å². The molecule has 1 fully saturated rings. The minimum atomic E-state index is -0.809. The molecule has 2 aromatic carbocycles. The van der Waals surface area contributed by atoms with Gasteiger partial charge in [-0.05, 0) is 74.8 Å². The maximum atomic E-state index is 13.0. The number of piperidine rings is 1. The zero-order chi connectivity index (χ0) is 24.8. The lowest BCUT2D eigenvalue weighted by molar-refractivity contribution is -0.118. The van der Waals surface area contributed by atoms with Crippen LogP contribution in [0.3, 0.4) is 0 Å². The molecule has 1 atom stereocenters. The molecule has 0 spiro atoms. The summed E-state index contributed by atoms with van der Waals surface area (Å²) in [5, 5.41) is 18.4. The van der Waals surface area contributed by atoms with Gasteiger partial charge in [0.2, 0.25) is 5.91 Å². The van der Waals surface area contributed by atoms with Crippen LogP contribution in [-0.4, -0.2) is 66.0 Å². The van der Waals surface area contributed by atoms with E-state index in [1.807, 2.05) is 24.3 Å². The summed E-state index contributed by atoms with van der Waals surface area (Å²) in [7, 11) is 1.61. The lowest BCUT2D eigenvalue weighted by Gasteiger charge is -2.35. The lowest BCUT2D eigenvalue weighted by atomic mass is 10.0. The molecule has 184 valence electrons. The van der Waals surface area contributed by atoms with Crippen LogP contribution in [0.4, 0.5) is 5.69 Å². The second-order valence-electron chi connectivity index (χ2n) is 8.89. The first-order valence-electron chi connectivity index (χ1n) is 11.9. The van der Waals surface area contributed by atoms with Crippen molar-refractivity contribution >= 4 is 28.3 Å². The Bertz CT molecular complexity index is 1190. The quantitative estimate of drug-likeness (QED) is 0.408. The van der Waals surface area contributed by atoms with Crippen molar-refractivity contribution in [3.63, 3.8) is 0 Å². The predicted molar refractivity (Wildman–Crippen MR) is 136 cm³/mol. The van der Waals surface area contributed by atoms with Crippen LogP contribution in [-0.2, 0) is 4.79 Å². The molecule has 0 bridgehead atoms. The molecule has 1 amide bonds. The number of ketones is 1. The first kappa shape index (κ1) is 24.8. The monoisotopic (exact) mass is 476 g/mol. The number of benzene rings is 2. The Morgan fingerprint density at radius 1 is 1.20 bits per heavy atom. The number of aromatic nitrogens is 1. The predicted octanol–water partition coefficient (Wildman–Crippen LogP) is 3.17. The number of anilines is 1. The summed E-state index contributed by atoms with van der Waals surface area (Å²) < 4.78 is 5.36. The Hall–Kier alpha value is -3.33. The van der Waals surface area contributed by atoms with Crippen LogP contribution in [0.5, 0.6) is 5.75 Å². The highest BCUT2D eigenvalue weighted by atomic mass is 16.5.